The number of ether oxygens (including phenoxy) is 2. The maximum absolute atomic E-state index is 13.4. The Hall–Kier alpha value is -2.49. The third-order valence-corrected chi connectivity index (χ3v) is 7.35. The van der Waals surface area contributed by atoms with Gasteiger partial charge in [0.1, 0.15) is 6.04 Å². The molecule has 2 aromatic carbocycles. The summed E-state index contributed by atoms with van der Waals surface area (Å²) in [6, 6.07) is 11.6. The molecular formula is C23H28ClN3O5S. The lowest BCUT2D eigenvalue weighted by atomic mass is 10.1. The molecule has 1 atom stereocenters. The molecule has 1 fully saturated rings. The first-order valence-corrected chi connectivity index (χ1v) is 13.1. The summed E-state index contributed by atoms with van der Waals surface area (Å²) < 4.78 is 37.3. The number of benzene rings is 2. The zero-order valence-corrected chi connectivity index (χ0v) is 20.3. The Balaban J connectivity index is 1.42. The van der Waals surface area contributed by atoms with Crippen molar-refractivity contribution in [2.24, 2.45) is 0 Å². The summed E-state index contributed by atoms with van der Waals surface area (Å²) in [4.78, 5) is 17.4. The number of sulfonamides is 1. The molecule has 2 aromatic rings. The molecule has 0 N–H and O–H groups in total. The average molecular weight is 494 g/mol. The third kappa shape index (κ3) is 5.37. The number of piperazine rings is 1. The predicted octanol–water partition coefficient (Wildman–Crippen LogP) is 2.96. The molecule has 0 spiro atoms. The second-order valence-electron chi connectivity index (χ2n) is 8.25. The van der Waals surface area contributed by atoms with E-state index < -0.39 is 16.1 Å². The van der Waals surface area contributed by atoms with E-state index >= 15 is 0 Å². The van der Waals surface area contributed by atoms with E-state index in [9.17, 15) is 13.2 Å². The van der Waals surface area contributed by atoms with Crippen molar-refractivity contribution in [3.05, 3.63) is 53.1 Å². The number of hydrogen-bond donors (Lipinski definition) is 0. The van der Waals surface area contributed by atoms with Gasteiger partial charge in [0.05, 0.1) is 11.9 Å². The van der Waals surface area contributed by atoms with E-state index in [1.165, 1.54) is 4.31 Å². The zero-order chi connectivity index (χ0) is 23.6. The van der Waals surface area contributed by atoms with E-state index in [0.29, 0.717) is 43.3 Å². The minimum Gasteiger partial charge on any atom is -0.454 e. The number of carbonyl (C=O) groups excluding carboxylic acids is 1. The summed E-state index contributed by atoms with van der Waals surface area (Å²) in [5.41, 5.74) is 1.56. The van der Waals surface area contributed by atoms with Crippen LogP contribution < -0.4 is 13.8 Å². The van der Waals surface area contributed by atoms with Crippen LogP contribution in [0.3, 0.4) is 0 Å². The van der Waals surface area contributed by atoms with Gasteiger partial charge in [0.25, 0.3) is 0 Å². The fourth-order valence-corrected chi connectivity index (χ4v) is 5.60. The first-order chi connectivity index (χ1) is 15.8. The molecule has 33 heavy (non-hydrogen) atoms. The maximum Gasteiger partial charge on any atom is 0.246 e. The van der Waals surface area contributed by atoms with Crippen LogP contribution in [0.15, 0.2) is 42.5 Å². The molecule has 0 radical (unpaired) electrons. The number of hydrogen-bond acceptors (Lipinski definition) is 6. The highest BCUT2D eigenvalue weighted by Crippen LogP contribution is 2.33. The van der Waals surface area contributed by atoms with Gasteiger partial charge in [-0.15, -0.1) is 0 Å². The number of anilines is 1. The van der Waals surface area contributed by atoms with E-state index in [-0.39, 0.29) is 12.7 Å². The molecule has 1 saturated heterocycles. The highest BCUT2D eigenvalue weighted by atomic mass is 35.5. The highest BCUT2D eigenvalue weighted by Gasteiger charge is 2.35. The first kappa shape index (κ1) is 23.7. The summed E-state index contributed by atoms with van der Waals surface area (Å²) in [6.45, 7) is 5.31. The molecule has 1 unspecified atom stereocenters. The molecule has 0 aromatic heterocycles. The Kier molecular flexibility index (Phi) is 7.02. The number of fused-ring (bicyclic) bond motifs is 1. The number of halogens is 1. The van der Waals surface area contributed by atoms with Gasteiger partial charge in [0.15, 0.2) is 11.5 Å². The molecule has 1 amide bonds. The van der Waals surface area contributed by atoms with E-state index in [4.69, 9.17) is 21.1 Å². The number of amides is 1. The van der Waals surface area contributed by atoms with Crippen molar-refractivity contribution in [3.63, 3.8) is 0 Å². The van der Waals surface area contributed by atoms with Crippen molar-refractivity contribution in [2.75, 3.05) is 43.5 Å². The van der Waals surface area contributed by atoms with Gasteiger partial charge in [0.2, 0.25) is 22.7 Å². The van der Waals surface area contributed by atoms with Gasteiger partial charge >= 0.3 is 0 Å². The van der Waals surface area contributed by atoms with Crippen LogP contribution in [0.5, 0.6) is 11.5 Å². The minimum absolute atomic E-state index is 0.180. The van der Waals surface area contributed by atoms with Crippen LogP contribution in [-0.4, -0.2) is 69.4 Å². The summed E-state index contributed by atoms with van der Waals surface area (Å²) in [7, 11) is -3.67. The van der Waals surface area contributed by atoms with Crippen LogP contribution in [0.2, 0.25) is 5.02 Å². The Labute approximate surface area is 199 Å². The molecule has 10 heteroatoms. The van der Waals surface area contributed by atoms with Crippen LogP contribution in [-0.2, 0) is 21.4 Å². The molecule has 2 aliphatic rings. The van der Waals surface area contributed by atoms with Crippen LogP contribution in [0.4, 0.5) is 5.69 Å². The lowest BCUT2D eigenvalue weighted by Crippen LogP contribution is -2.55. The Morgan fingerprint density at radius 2 is 1.73 bits per heavy atom. The molecule has 178 valence electrons. The normalized spacial score (nSPS) is 17.1. The van der Waals surface area contributed by atoms with E-state index in [0.717, 1.165) is 29.9 Å². The lowest BCUT2D eigenvalue weighted by molar-refractivity contribution is -0.134. The van der Waals surface area contributed by atoms with Crippen molar-refractivity contribution in [3.8, 4) is 11.5 Å². The molecule has 0 aliphatic carbocycles. The molecule has 8 nitrogen and oxygen atoms in total. The molecule has 0 saturated carbocycles. The largest absolute Gasteiger partial charge is 0.454 e. The lowest BCUT2D eigenvalue weighted by Gasteiger charge is -2.39. The second-order valence-corrected chi connectivity index (χ2v) is 10.5. The van der Waals surface area contributed by atoms with Crippen molar-refractivity contribution in [2.45, 2.75) is 25.9 Å². The van der Waals surface area contributed by atoms with Gasteiger partial charge in [-0.2, -0.15) is 0 Å². The van der Waals surface area contributed by atoms with Crippen LogP contribution in [0, 0.1) is 0 Å². The fraction of sp³-hybridized carbons (Fsp3) is 0.435. The molecule has 4 rings (SSSR count). The molecule has 0 bridgehead atoms. The van der Waals surface area contributed by atoms with Gasteiger partial charge in [0, 0.05) is 37.7 Å². The molecule has 2 heterocycles. The monoisotopic (exact) mass is 493 g/mol. The summed E-state index contributed by atoms with van der Waals surface area (Å²) >= 11 is 5.97. The van der Waals surface area contributed by atoms with E-state index in [1.54, 1.807) is 29.2 Å². The first-order valence-electron chi connectivity index (χ1n) is 10.9. The van der Waals surface area contributed by atoms with Crippen molar-refractivity contribution in [1.82, 2.24) is 9.80 Å². The van der Waals surface area contributed by atoms with Crippen LogP contribution >= 0.6 is 11.6 Å². The molecular weight excluding hydrogens is 466 g/mol. The van der Waals surface area contributed by atoms with Crippen molar-refractivity contribution in [1.29, 1.82) is 0 Å². The average Bonchev–Trinajstić information content (AvgIpc) is 3.25. The van der Waals surface area contributed by atoms with Crippen LogP contribution in [0.25, 0.3) is 0 Å². The smallest absolute Gasteiger partial charge is 0.246 e. The quantitative estimate of drug-likeness (QED) is 0.590. The summed E-state index contributed by atoms with van der Waals surface area (Å²) in [6.07, 6.45) is 1.49. The Bertz CT molecular complexity index is 1100. The minimum atomic E-state index is -3.67. The second kappa shape index (κ2) is 9.79. The maximum atomic E-state index is 13.4. The SMILES string of the molecule is CCC(C(=O)N1CCN(Cc2ccc3c(c2)OCO3)CC1)N(c1ccc(Cl)cc1)S(C)(=O)=O. The van der Waals surface area contributed by atoms with Crippen molar-refractivity contribution < 1.29 is 22.7 Å². The van der Waals surface area contributed by atoms with Gasteiger partial charge in [-0.1, -0.05) is 24.6 Å². The van der Waals surface area contributed by atoms with Gasteiger partial charge < -0.3 is 14.4 Å². The Morgan fingerprint density at radius 1 is 1.06 bits per heavy atom. The van der Waals surface area contributed by atoms with Gasteiger partial charge in [-0.05, 0) is 48.4 Å². The topological polar surface area (TPSA) is 79.4 Å². The predicted molar refractivity (Wildman–Crippen MR) is 127 cm³/mol. The Morgan fingerprint density at radius 3 is 2.36 bits per heavy atom. The number of rotatable bonds is 7. The third-order valence-electron chi connectivity index (χ3n) is 5.92. The highest BCUT2D eigenvalue weighted by molar-refractivity contribution is 7.92. The zero-order valence-electron chi connectivity index (χ0n) is 18.7. The summed E-state index contributed by atoms with van der Waals surface area (Å²) in [5, 5.41) is 0.505. The molecule has 2 aliphatic heterocycles. The van der Waals surface area contributed by atoms with E-state index in [1.807, 2.05) is 25.1 Å². The van der Waals surface area contributed by atoms with E-state index in [2.05, 4.69) is 4.90 Å². The standard InChI is InChI=1S/C23H28ClN3O5S/c1-3-20(27(33(2,29)30)19-7-5-18(24)6-8-19)23(28)26-12-10-25(11-13-26)15-17-4-9-21-22(14-17)32-16-31-21/h4-9,14,20H,3,10-13,15-16H2,1-2H3. The van der Waals surface area contributed by atoms with Gasteiger partial charge in [-0.3, -0.25) is 14.0 Å². The van der Waals surface area contributed by atoms with Crippen molar-refractivity contribution >= 4 is 33.2 Å². The number of carbonyl (C=O) groups is 1. The number of nitrogens with zero attached hydrogens (tertiary/aromatic N) is 3. The van der Waals surface area contributed by atoms with Crippen LogP contribution in [0.1, 0.15) is 18.9 Å². The van der Waals surface area contributed by atoms with Gasteiger partial charge in [-0.25, -0.2) is 8.42 Å². The fourth-order valence-electron chi connectivity index (χ4n) is 4.27. The summed E-state index contributed by atoms with van der Waals surface area (Å²) in [5.74, 6) is 1.34.